The van der Waals surface area contributed by atoms with Gasteiger partial charge in [-0.25, -0.2) is 12.7 Å². The number of hydrogen-bond acceptors (Lipinski definition) is 5. The molecule has 1 unspecified atom stereocenters. The van der Waals surface area contributed by atoms with Crippen LogP contribution in [-0.4, -0.2) is 69.6 Å². The molecule has 0 radical (unpaired) electrons. The zero-order chi connectivity index (χ0) is 16.3. The predicted molar refractivity (Wildman–Crippen MR) is 85.0 cm³/mol. The van der Waals surface area contributed by atoms with Crippen molar-refractivity contribution in [1.82, 2.24) is 9.21 Å². The first-order valence-corrected chi connectivity index (χ1v) is 8.12. The van der Waals surface area contributed by atoms with Gasteiger partial charge in [-0.05, 0) is 45.3 Å². The van der Waals surface area contributed by atoms with Crippen LogP contribution in [0.5, 0.6) is 0 Å². The highest BCUT2D eigenvalue weighted by atomic mass is 32.2. The maximum absolute atomic E-state index is 11.9. The molecule has 21 heavy (non-hydrogen) atoms. The lowest BCUT2D eigenvalue weighted by Crippen LogP contribution is -2.43. The first-order chi connectivity index (χ1) is 9.54. The lowest BCUT2D eigenvalue weighted by molar-refractivity contribution is 0.0460. The van der Waals surface area contributed by atoms with E-state index in [9.17, 15) is 13.5 Å². The number of nitrogens with zero attached hydrogens (tertiary/aromatic N) is 2. The molecule has 0 aromatic heterocycles. The van der Waals surface area contributed by atoms with Gasteiger partial charge in [-0.1, -0.05) is 0 Å². The van der Waals surface area contributed by atoms with Crippen LogP contribution in [0.15, 0.2) is 29.2 Å². The fourth-order valence-electron chi connectivity index (χ4n) is 1.99. The Morgan fingerprint density at radius 3 is 2.10 bits per heavy atom. The zero-order valence-electron chi connectivity index (χ0n) is 13.3. The number of rotatable bonds is 7. The van der Waals surface area contributed by atoms with Gasteiger partial charge in [0.2, 0.25) is 10.0 Å². The molecule has 6 nitrogen and oxygen atoms in total. The molecular formula is C14H25N3O3S. The second-order valence-corrected chi connectivity index (χ2v) is 8.05. The fourth-order valence-corrected chi connectivity index (χ4v) is 2.89. The monoisotopic (exact) mass is 315 g/mol. The van der Waals surface area contributed by atoms with Crippen molar-refractivity contribution in [2.45, 2.75) is 17.4 Å². The molecule has 0 heterocycles. The minimum atomic E-state index is -3.40. The van der Waals surface area contributed by atoms with Crippen molar-refractivity contribution >= 4 is 15.7 Å². The van der Waals surface area contributed by atoms with E-state index in [0.717, 1.165) is 5.69 Å². The predicted octanol–water partition coefficient (Wildman–Crippen LogP) is 0.661. The summed E-state index contributed by atoms with van der Waals surface area (Å²) in [4.78, 5) is 2.16. The normalized spacial score (nSPS) is 15.2. The molecule has 120 valence electrons. The molecule has 0 aliphatic heterocycles. The van der Waals surface area contributed by atoms with E-state index in [1.807, 2.05) is 19.0 Å². The summed E-state index contributed by atoms with van der Waals surface area (Å²) in [5.41, 5.74) is -0.0931. The molecule has 0 saturated heterocycles. The van der Waals surface area contributed by atoms with E-state index in [-0.39, 0.29) is 4.90 Å². The number of aliphatic hydroxyl groups is 1. The molecule has 0 bridgehead atoms. The van der Waals surface area contributed by atoms with Crippen LogP contribution in [-0.2, 0) is 10.0 Å². The van der Waals surface area contributed by atoms with Crippen LogP contribution < -0.4 is 5.32 Å². The minimum Gasteiger partial charge on any atom is -0.387 e. The summed E-state index contributed by atoms with van der Waals surface area (Å²) < 4.78 is 25.1. The van der Waals surface area contributed by atoms with Crippen molar-refractivity contribution in [3.8, 4) is 0 Å². The van der Waals surface area contributed by atoms with Crippen LogP contribution in [0, 0.1) is 0 Å². The van der Waals surface area contributed by atoms with Crippen molar-refractivity contribution < 1.29 is 13.5 Å². The zero-order valence-corrected chi connectivity index (χ0v) is 14.1. The van der Waals surface area contributed by atoms with Gasteiger partial charge >= 0.3 is 0 Å². The molecule has 0 amide bonds. The first kappa shape index (κ1) is 17.9. The van der Waals surface area contributed by atoms with Crippen molar-refractivity contribution in [2.75, 3.05) is 46.6 Å². The quantitative estimate of drug-likeness (QED) is 0.773. The third-order valence-corrected chi connectivity index (χ3v) is 4.79. The molecule has 0 saturated carbocycles. The van der Waals surface area contributed by atoms with Gasteiger partial charge in [0.05, 0.1) is 10.5 Å². The van der Waals surface area contributed by atoms with Crippen LogP contribution in [0.3, 0.4) is 0 Å². The van der Waals surface area contributed by atoms with Crippen LogP contribution in [0.4, 0.5) is 5.69 Å². The Balaban J connectivity index is 2.72. The molecule has 0 aliphatic carbocycles. The lowest BCUT2D eigenvalue weighted by atomic mass is 10.1. The van der Waals surface area contributed by atoms with Crippen molar-refractivity contribution in [3.05, 3.63) is 24.3 Å². The third-order valence-electron chi connectivity index (χ3n) is 2.96. The minimum absolute atomic E-state index is 0.248. The highest BCUT2D eigenvalue weighted by Crippen LogP contribution is 2.17. The van der Waals surface area contributed by atoms with Gasteiger partial charge in [0.15, 0.2) is 0 Å². The van der Waals surface area contributed by atoms with Crippen molar-refractivity contribution in [3.63, 3.8) is 0 Å². The van der Waals surface area contributed by atoms with Crippen LogP contribution in [0.25, 0.3) is 0 Å². The Bertz CT molecular complexity index is 551. The summed E-state index contributed by atoms with van der Waals surface area (Å²) in [7, 11) is 3.39. The Morgan fingerprint density at radius 2 is 1.67 bits per heavy atom. The third kappa shape index (κ3) is 5.28. The van der Waals surface area contributed by atoms with Crippen LogP contribution in [0.1, 0.15) is 6.92 Å². The smallest absolute Gasteiger partial charge is 0.242 e. The average Bonchev–Trinajstić information content (AvgIpc) is 2.35. The van der Waals surface area contributed by atoms with Gasteiger partial charge in [0.1, 0.15) is 0 Å². The molecule has 1 aromatic carbocycles. The van der Waals surface area contributed by atoms with Crippen LogP contribution >= 0.6 is 0 Å². The van der Waals surface area contributed by atoms with Gasteiger partial charge in [-0.3, -0.25) is 0 Å². The Kier molecular flexibility index (Phi) is 5.75. The molecule has 1 aromatic rings. The van der Waals surface area contributed by atoms with Crippen molar-refractivity contribution in [2.24, 2.45) is 0 Å². The number of nitrogens with one attached hydrogen (secondary N) is 1. The summed E-state index contributed by atoms with van der Waals surface area (Å²) in [6, 6.07) is 6.50. The maximum atomic E-state index is 11.9. The molecule has 1 atom stereocenters. The number of benzene rings is 1. The molecule has 0 spiro atoms. The Morgan fingerprint density at radius 1 is 1.14 bits per heavy atom. The van der Waals surface area contributed by atoms with E-state index in [0.29, 0.717) is 13.1 Å². The molecule has 2 N–H and O–H groups in total. The maximum Gasteiger partial charge on any atom is 0.242 e. The number of likely N-dealkylation sites (N-methyl/N-ethyl adjacent to an activating group) is 1. The Hall–Kier alpha value is -1.15. The van der Waals surface area contributed by atoms with Crippen LogP contribution in [0.2, 0.25) is 0 Å². The molecule has 7 heteroatoms. The summed E-state index contributed by atoms with van der Waals surface area (Å²) >= 11 is 0. The fraction of sp³-hybridized carbons (Fsp3) is 0.571. The van der Waals surface area contributed by atoms with Gasteiger partial charge in [0, 0.05) is 32.9 Å². The molecule has 1 rings (SSSR count). The summed E-state index contributed by atoms with van der Waals surface area (Å²) in [5, 5.41) is 13.3. The van der Waals surface area contributed by atoms with E-state index in [4.69, 9.17) is 0 Å². The molecule has 0 aliphatic rings. The van der Waals surface area contributed by atoms with Crippen molar-refractivity contribution in [1.29, 1.82) is 0 Å². The van der Waals surface area contributed by atoms with E-state index < -0.39 is 15.6 Å². The molecule has 0 fully saturated rings. The van der Waals surface area contributed by atoms with Gasteiger partial charge in [-0.2, -0.15) is 0 Å². The lowest BCUT2D eigenvalue weighted by Gasteiger charge is -2.27. The number of sulfonamides is 1. The first-order valence-electron chi connectivity index (χ1n) is 6.68. The number of anilines is 1. The van der Waals surface area contributed by atoms with E-state index in [2.05, 4.69) is 5.32 Å². The Labute approximate surface area is 127 Å². The largest absolute Gasteiger partial charge is 0.387 e. The average molecular weight is 315 g/mol. The highest BCUT2D eigenvalue weighted by Gasteiger charge is 2.21. The second kappa shape index (κ2) is 6.74. The van der Waals surface area contributed by atoms with E-state index in [1.54, 1.807) is 31.2 Å². The highest BCUT2D eigenvalue weighted by molar-refractivity contribution is 7.89. The SMILES string of the molecule is CN(C)CC(C)(O)CNc1ccc(S(=O)(=O)N(C)C)cc1. The standard InChI is InChI=1S/C14H25N3O3S/c1-14(18,11-16(2)3)10-15-12-6-8-13(9-7-12)21(19,20)17(4)5/h6-9,15,18H,10-11H2,1-5H3. The summed E-state index contributed by atoms with van der Waals surface area (Å²) in [6.07, 6.45) is 0. The van der Waals surface area contributed by atoms with Gasteiger partial charge < -0.3 is 15.3 Å². The topological polar surface area (TPSA) is 72.9 Å². The molecular weight excluding hydrogens is 290 g/mol. The van der Waals surface area contributed by atoms with Gasteiger partial charge in [0.25, 0.3) is 0 Å². The second-order valence-electron chi connectivity index (χ2n) is 5.90. The van der Waals surface area contributed by atoms with E-state index in [1.165, 1.54) is 18.4 Å². The van der Waals surface area contributed by atoms with E-state index >= 15 is 0 Å². The van der Waals surface area contributed by atoms with Gasteiger partial charge in [-0.15, -0.1) is 0 Å². The summed E-state index contributed by atoms with van der Waals surface area (Å²) in [6.45, 7) is 2.67. The number of hydrogen-bond donors (Lipinski definition) is 2. The summed E-state index contributed by atoms with van der Waals surface area (Å²) in [5.74, 6) is 0.